The lowest BCUT2D eigenvalue weighted by atomic mass is 9.99. The highest BCUT2D eigenvalue weighted by atomic mass is 127. The molecule has 1 aromatic carbocycles. The smallest absolute Gasteiger partial charge is 0.191 e. The number of thiophene rings is 1. The van der Waals surface area contributed by atoms with Crippen LogP contribution in [0.15, 0.2) is 29.3 Å². The Hall–Kier alpha value is -1.52. The van der Waals surface area contributed by atoms with Crippen LogP contribution >= 0.6 is 35.3 Å². The van der Waals surface area contributed by atoms with Crippen molar-refractivity contribution >= 4 is 41.3 Å². The van der Waals surface area contributed by atoms with E-state index in [0.29, 0.717) is 6.54 Å². The largest absolute Gasteiger partial charge is 0.493 e. The minimum atomic E-state index is 0. The van der Waals surface area contributed by atoms with Crippen molar-refractivity contribution in [2.45, 2.75) is 33.4 Å². The van der Waals surface area contributed by atoms with E-state index in [1.54, 1.807) is 25.6 Å². The molecule has 0 aliphatic carbocycles. The Labute approximate surface area is 201 Å². The van der Waals surface area contributed by atoms with E-state index in [0.717, 1.165) is 56.6 Å². The first-order chi connectivity index (χ1) is 14.1. The Bertz CT molecular complexity index is 841. The minimum absolute atomic E-state index is 0. The first-order valence-electron chi connectivity index (χ1n) is 10.2. The summed E-state index contributed by atoms with van der Waals surface area (Å²) in [5.74, 6) is 2.49. The van der Waals surface area contributed by atoms with Crippen LogP contribution in [0.25, 0.3) is 0 Å². The molecule has 0 fully saturated rings. The second-order valence-corrected chi connectivity index (χ2v) is 8.51. The van der Waals surface area contributed by atoms with Gasteiger partial charge in [0.1, 0.15) is 0 Å². The lowest BCUT2D eigenvalue weighted by Gasteiger charge is -2.29. The molecular formula is C22H33IN4O2S. The van der Waals surface area contributed by atoms with Gasteiger partial charge in [-0.2, -0.15) is 0 Å². The summed E-state index contributed by atoms with van der Waals surface area (Å²) in [5.41, 5.74) is 2.68. The molecule has 3 rings (SSSR count). The number of aliphatic imine (C=N–C) groups is 1. The maximum atomic E-state index is 5.46. The van der Waals surface area contributed by atoms with Crippen LogP contribution in [0.3, 0.4) is 0 Å². The fourth-order valence-electron chi connectivity index (χ4n) is 3.53. The van der Waals surface area contributed by atoms with E-state index in [2.05, 4.69) is 53.6 Å². The zero-order valence-corrected chi connectivity index (χ0v) is 21.4. The summed E-state index contributed by atoms with van der Waals surface area (Å²) in [4.78, 5) is 9.79. The number of benzene rings is 1. The summed E-state index contributed by atoms with van der Waals surface area (Å²) >= 11 is 1.80. The number of nitrogens with one attached hydrogen (secondary N) is 2. The first-order valence-corrected chi connectivity index (χ1v) is 11.0. The van der Waals surface area contributed by atoms with Crippen LogP contribution < -0.4 is 20.1 Å². The van der Waals surface area contributed by atoms with Crippen molar-refractivity contribution in [3.05, 3.63) is 45.1 Å². The zero-order chi connectivity index (χ0) is 20.6. The summed E-state index contributed by atoms with van der Waals surface area (Å²) in [6.45, 7) is 9.60. The van der Waals surface area contributed by atoms with Gasteiger partial charge in [-0.15, -0.1) is 35.3 Å². The van der Waals surface area contributed by atoms with Crippen LogP contribution in [0.2, 0.25) is 0 Å². The molecule has 1 aliphatic heterocycles. The molecule has 0 atom stereocenters. The molecule has 0 saturated heterocycles. The number of guanidine groups is 1. The van der Waals surface area contributed by atoms with Gasteiger partial charge in [0.05, 0.1) is 20.8 Å². The van der Waals surface area contributed by atoms with Gasteiger partial charge in [0, 0.05) is 42.5 Å². The Balaban J connectivity index is 0.00000320. The Kier molecular flexibility index (Phi) is 10.2. The van der Waals surface area contributed by atoms with Gasteiger partial charge < -0.3 is 20.1 Å². The van der Waals surface area contributed by atoms with Gasteiger partial charge in [-0.1, -0.05) is 0 Å². The maximum absolute atomic E-state index is 5.46. The monoisotopic (exact) mass is 544 g/mol. The Morgan fingerprint density at radius 3 is 2.50 bits per heavy atom. The van der Waals surface area contributed by atoms with E-state index >= 15 is 0 Å². The predicted molar refractivity (Wildman–Crippen MR) is 136 cm³/mol. The van der Waals surface area contributed by atoms with Crippen molar-refractivity contribution in [2.75, 3.05) is 40.4 Å². The molecule has 166 valence electrons. The van der Waals surface area contributed by atoms with Crippen molar-refractivity contribution in [1.82, 2.24) is 15.5 Å². The third-order valence-corrected chi connectivity index (χ3v) is 6.04. The third-order valence-electron chi connectivity index (χ3n) is 5.05. The SMILES string of the molecule is CCNC(=NCc1ccc(C)s1)NCCN1CCc2cc(OC)c(OC)cc2C1.I. The van der Waals surface area contributed by atoms with Gasteiger partial charge in [0.25, 0.3) is 0 Å². The lowest BCUT2D eigenvalue weighted by Crippen LogP contribution is -2.42. The van der Waals surface area contributed by atoms with E-state index in [-0.39, 0.29) is 24.0 Å². The standard InChI is InChI=1S/C22H32N4O2S.HI/c1-5-23-22(25-14-19-7-6-16(2)29-19)24-9-11-26-10-8-17-12-20(27-3)21(28-4)13-18(17)15-26;/h6-7,12-13H,5,8-11,14-15H2,1-4H3,(H2,23,24,25);1H. The molecule has 0 unspecified atom stereocenters. The normalized spacial score (nSPS) is 13.9. The molecule has 0 spiro atoms. The third kappa shape index (κ3) is 6.75. The highest BCUT2D eigenvalue weighted by molar-refractivity contribution is 14.0. The average Bonchev–Trinajstić information content (AvgIpc) is 3.16. The molecule has 1 aromatic heterocycles. The molecule has 0 radical (unpaired) electrons. The van der Waals surface area contributed by atoms with Crippen molar-refractivity contribution in [1.29, 1.82) is 0 Å². The molecule has 2 aromatic rings. The second-order valence-electron chi connectivity index (χ2n) is 7.14. The van der Waals surface area contributed by atoms with E-state index in [4.69, 9.17) is 14.5 Å². The zero-order valence-electron chi connectivity index (χ0n) is 18.3. The molecule has 30 heavy (non-hydrogen) atoms. The summed E-state index contributed by atoms with van der Waals surface area (Å²) in [5, 5.41) is 6.80. The fourth-order valence-corrected chi connectivity index (χ4v) is 4.35. The van der Waals surface area contributed by atoms with Crippen LogP contribution in [0.5, 0.6) is 11.5 Å². The van der Waals surface area contributed by atoms with Gasteiger partial charge in [-0.3, -0.25) is 4.90 Å². The number of hydrogen-bond donors (Lipinski definition) is 2. The van der Waals surface area contributed by atoms with E-state index in [1.807, 2.05) is 0 Å². The number of aryl methyl sites for hydroxylation is 1. The van der Waals surface area contributed by atoms with Gasteiger partial charge >= 0.3 is 0 Å². The summed E-state index contributed by atoms with van der Waals surface area (Å²) in [6, 6.07) is 8.53. The highest BCUT2D eigenvalue weighted by Gasteiger charge is 2.19. The molecule has 1 aliphatic rings. The van der Waals surface area contributed by atoms with Crippen LogP contribution in [0.4, 0.5) is 0 Å². The molecule has 0 bridgehead atoms. The first kappa shape index (κ1) is 24.7. The van der Waals surface area contributed by atoms with Crippen molar-refractivity contribution in [3.63, 3.8) is 0 Å². The summed E-state index contributed by atoms with van der Waals surface area (Å²) in [7, 11) is 3.38. The molecule has 2 heterocycles. The van der Waals surface area contributed by atoms with Crippen LogP contribution in [-0.2, 0) is 19.5 Å². The van der Waals surface area contributed by atoms with Gasteiger partial charge in [0.15, 0.2) is 17.5 Å². The number of halogens is 1. The number of hydrogen-bond acceptors (Lipinski definition) is 5. The topological polar surface area (TPSA) is 58.1 Å². The van der Waals surface area contributed by atoms with Crippen molar-refractivity contribution < 1.29 is 9.47 Å². The average molecular weight is 545 g/mol. The quantitative estimate of drug-likeness (QED) is 0.301. The minimum Gasteiger partial charge on any atom is -0.493 e. The summed E-state index contributed by atoms with van der Waals surface area (Å²) in [6.07, 6.45) is 1.03. The van der Waals surface area contributed by atoms with Crippen LogP contribution in [0, 0.1) is 6.92 Å². The van der Waals surface area contributed by atoms with Crippen molar-refractivity contribution in [3.8, 4) is 11.5 Å². The number of rotatable bonds is 8. The fraction of sp³-hybridized carbons (Fsp3) is 0.500. The molecule has 6 nitrogen and oxygen atoms in total. The number of ether oxygens (including phenoxy) is 2. The Morgan fingerprint density at radius 1 is 1.13 bits per heavy atom. The number of fused-ring (bicyclic) bond motifs is 1. The number of methoxy groups -OCH3 is 2. The molecule has 0 amide bonds. The number of nitrogens with zero attached hydrogens (tertiary/aromatic N) is 2. The lowest BCUT2D eigenvalue weighted by molar-refractivity contribution is 0.256. The molecule has 2 N–H and O–H groups in total. The predicted octanol–water partition coefficient (Wildman–Crippen LogP) is 3.81. The van der Waals surface area contributed by atoms with Gasteiger partial charge in [-0.05, 0) is 55.7 Å². The maximum Gasteiger partial charge on any atom is 0.191 e. The van der Waals surface area contributed by atoms with Crippen LogP contribution in [0.1, 0.15) is 27.8 Å². The molecule has 0 saturated carbocycles. The Morgan fingerprint density at radius 2 is 1.87 bits per heavy atom. The second kappa shape index (κ2) is 12.4. The van der Waals surface area contributed by atoms with Gasteiger partial charge in [0.2, 0.25) is 0 Å². The summed E-state index contributed by atoms with van der Waals surface area (Å²) < 4.78 is 10.9. The highest BCUT2D eigenvalue weighted by Crippen LogP contribution is 2.33. The van der Waals surface area contributed by atoms with E-state index in [1.165, 1.54) is 20.9 Å². The van der Waals surface area contributed by atoms with E-state index in [9.17, 15) is 0 Å². The molecule has 8 heteroatoms. The van der Waals surface area contributed by atoms with Crippen LogP contribution in [-0.4, -0.2) is 51.3 Å². The van der Waals surface area contributed by atoms with E-state index < -0.39 is 0 Å². The van der Waals surface area contributed by atoms with Gasteiger partial charge in [-0.25, -0.2) is 4.99 Å². The molecular weight excluding hydrogens is 511 g/mol. The van der Waals surface area contributed by atoms with Crippen molar-refractivity contribution in [2.24, 2.45) is 4.99 Å².